The first-order valence-electron chi connectivity index (χ1n) is 6.77. The van der Waals surface area contributed by atoms with E-state index in [9.17, 15) is 4.79 Å². The summed E-state index contributed by atoms with van der Waals surface area (Å²) in [7, 11) is 1.63. The first-order chi connectivity index (χ1) is 9.13. The van der Waals surface area contributed by atoms with Gasteiger partial charge in [-0.3, -0.25) is 4.79 Å². The monoisotopic (exact) mass is 264 g/mol. The maximum absolute atomic E-state index is 12.1. The molecule has 0 spiro atoms. The number of rotatable bonds is 7. The van der Waals surface area contributed by atoms with Crippen LogP contribution in [0.5, 0.6) is 5.75 Å². The largest absolute Gasteiger partial charge is 0.496 e. The molecule has 0 fully saturated rings. The molecule has 0 aliphatic rings. The van der Waals surface area contributed by atoms with Crippen LogP contribution in [0, 0.1) is 5.92 Å². The Hall–Kier alpha value is -1.55. The third kappa shape index (κ3) is 4.24. The Morgan fingerprint density at radius 1 is 1.42 bits per heavy atom. The van der Waals surface area contributed by atoms with E-state index in [1.54, 1.807) is 7.11 Å². The highest BCUT2D eigenvalue weighted by atomic mass is 16.5. The van der Waals surface area contributed by atoms with Crippen LogP contribution in [-0.4, -0.2) is 19.6 Å². The van der Waals surface area contributed by atoms with E-state index < -0.39 is 0 Å². The van der Waals surface area contributed by atoms with Crippen LogP contribution < -0.4 is 15.8 Å². The highest BCUT2D eigenvalue weighted by Gasteiger charge is 2.19. The molecule has 1 aromatic carbocycles. The van der Waals surface area contributed by atoms with Gasteiger partial charge in [0.25, 0.3) is 0 Å². The maximum Gasteiger partial charge on any atom is 0.224 e. The van der Waals surface area contributed by atoms with Gasteiger partial charge >= 0.3 is 0 Å². The summed E-state index contributed by atoms with van der Waals surface area (Å²) in [5.74, 6) is 0.694. The SMILES string of the molecule is CCCC(CN)C(=O)N[C@@H](C)c1ccccc1OC. The van der Waals surface area contributed by atoms with Gasteiger partial charge in [0.1, 0.15) is 5.75 Å². The van der Waals surface area contributed by atoms with Crippen molar-refractivity contribution in [3.63, 3.8) is 0 Å². The van der Waals surface area contributed by atoms with Crippen molar-refractivity contribution in [1.82, 2.24) is 5.32 Å². The Labute approximate surface area is 115 Å². The molecule has 1 unspecified atom stereocenters. The molecule has 1 rings (SSSR count). The summed E-state index contributed by atoms with van der Waals surface area (Å²) in [6, 6.07) is 7.62. The lowest BCUT2D eigenvalue weighted by Crippen LogP contribution is -2.36. The molecule has 4 nitrogen and oxygen atoms in total. The third-order valence-corrected chi connectivity index (χ3v) is 3.26. The summed E-state index contributed by atoms with van der Waals surface area (Å²) in [6.07, 6.45) is 1.78. The molecule has 2 atom stereocenters. The van der Waals surface area contributed by atoms with E-state index in [0.29, 0.717) is 6.54 Å². The molecule has 0 saturated heterocycles. The second-order valence-corrected chi connectivity index (χ2v) is 4.69. The third-order valence-electron chi connectivity index (χ3n) is 3.26. The molecule has 3 N–H and O–H groups in total. The smallest absolute Gasteiger partial charge is 0.224 e. The molecule has 0 aliphatic heterocycles. The van der Waals surface area contributed by atoms with Gasteiger partial charge in [-0.05, 0) is 19.4 Å². The Balaban J connectivity index is 2.73. The van der Waals surface area contributed by atoms with Gasteiger partial charge in [0.05, 0.1) is 19.1 Å². The van der Waals surface area contributed by atoms with Gasteiger partial charge in [-0.2, -0.15) is 0 Å². The van der Waals surface area contributed by atoms with Crippen LogP contribution in [0.3, 0.4) is 0 Å². The van der Waals surface area contributed by atoms with Crippen molar-refractivity contribution >= 4 is 5.91 Å². The van der Waals surface area contributed by atoms with E-state index in [2.05, 4.69) is 12.2 Å². The number of benzene rings is 1. The number of amides is 1. The molecule has 1 amide bonds. The molecular formula is C15H24N2O2. The van der Waals surface area contributed by atoms with Crippen LogP contribution in [0.4, 0.5) is 0 Å². The van der Waals surface area contributed by atoms with Crippen LogP contribution in [0.25, 0.3) is 0 Å². The second-order valence-electron chi connectivity index (χ2n) is 4.69. The normalized spacial score (nSPS) is 13.7. The van der Waals surface area contributed by atoms with Gasteiger partial charge in [-0.15, -0.1) is 0 Å². The molecule has 0 aromatic heterocycles. The number of methoxy groups -OCH3 is 1. The number of ether oxygens (including phenoxy) is 1. The highest BCUT2D eigenvalue weighted by molar-refractivity contribution is 5.79. The lowest BCUT2D eigenvalue weighted by molar-refractivity contribution is -0.125. The number of carbonyl (C=O) groups excluding carboxylic acids is 1. The van der Waals surface area contributed by atoms with Crippen LogP contribution in [0.1, 0.15) is 38.3 Å². The summed E-state index contributed by atoms with van der Waals surface area (Å²) in [5, 5.41) is 3.01. The molecule has 0 bridgehead atoms. The minimum Gasteiger partial charge on any atom is -0.496 e. The summed E-state index contributed by atoms with van der Waals surface area (Å²) in [4.78, 5) is 12.1. The van der Waals surface area contributed by atoms with E-state index in [4.69, 9.17) is 10.5 Å². The zero-order valence-electron chi connectivity index (χ0n) is 12.0. The Morgan fingerprint density at radius 3 is 2.68 bits per heavy atom. The number of carbonyl (C=O) groups is 1. The van der Waals surface area contributed by atoms with Crippen molar-refractivity contribution in [3.05, 3.63) is 29.8 Å². The van der Waals surface area contributed by atoms with E-state index in [1.807, 2.05) is 31.2 Å². The summed E-state index contributed by atoms with van der Waals surface area (Å²) >= 11 is 0. The van der Waals surface area contributed by atoms with Crippen molar-refractivity contribution in [2.75, 3.05) is 13.7 Å². The molecule has 0 saturated carbocycles. The zero-order valence-corrected chi connectivity index (χ0v) is 12.0. The number of nitrogens with two attached hydrogens (primary N) is 1. The van der Waals surface area contributed by atoms with Crippen LogP contribution in [-0.2, 0) is 4.79 Å². The average molecular weight is 264 g/mol. The molecule has 0 aliphatic carbocycles. The molecular weight excluding hydrogens is 240 g/mol. The fraction of sp³-hybridized carbons (Fsp3) is 0.533. The van der Waals surface area contributed by atoms with E-state index in [-0.39, 0.29) is 17.9 Å². The lowest BCUT2D eigenvalue weighted by Gasteiger charge is -2.20. The molecule has 4 heteroatoms. The van der Waals surface area contributed by atoms with Crippen molar-refractivity contribution in [2.45, 2.75) is 32.7 Å². The standard InChI is InChI=1S/C15H24N2O2/c1-4-7-12(10-16)15(18)17-11(2)13-8-5-6-9-14(13)19-3/h5-6,8-9,11-12H,4,7,10,16H2,1-3H3,(H,17,18)/t11-,12?/m0/s1. The fourth-order valence-electron chi connectivity index (χ4n) is 2.14. The van der Waals surface area contributed by atoms with E-state index in [0.717, 1.165) is 24.2 Å². The van der Waals surface area contributed by atoms with Crippen molar-refractivity contribution < 1.29 is 9.53 Å². The Bertz CT molecular complexity index is 407. The Morgan fingerprint density at radius 2 is 2.11 bits per heavy atom. The first kappa shape index (κ1) is 15.5. The fourth-order valence-corrected chi connectivity index (χ4v) is 2.14. The van der Waals surface area contributed by atoms with E-state index in [1.165, 1.54) is 0 Å². The molecule has 0 heterocycles. The summed E-state index contributed by atoms with van der Waals surface area (Å²) in [5.41, 5.74) is 6.62. The number of hydrogen-bond donors (Lipinski definition) is 2. The predicted octanol–water partition coefficient (Wildman–Crippen LogP) is 2.25. The van der Waals surface area contributed by atoms with Gasteiger partial charge in [-0.1, -0.05) is 31.5 Å². The Kier molecular flexibility index (Phi) is 6.36. The number of hydrogen-bond acceptors (Lipinski definition) is 3. The molecule has 1 aromatic rings. The lowest BCUT2D eigenvalue weighted by atomic mass is 10.0. The quantitative estimate of drug-likeness (QED) is 0.794. The zero-order chi connectivity index (χ0) is 14.3. The summed E-state index contributed by atoms with van der Waals surface area (Å²) in [6.45, 7) is 4.40. The van der Waals surface area contributed by atoms with Crippen molar-refractivity contribution in [1.29, 1.82) is 0 Å². The minimum atomic E-state index is -0.109. The molecule has 106 valence electrons. The summed E-state index contributed by atoms with van der Waals surface area (Å²) < 4.78 is 5.31. The highest BCUT2D eigenvalue weighted by Crippen LogP contribution is 2.24. The topological polar surface area (TPSA) is 64.4 Å². The van der Waals surface area contributed by atoms with Crippen molar-refractivity contribution in [3.8, 4) is 5.75 Å². The number of para-hydroxylation sites is 1. The molecule has 19 heavy (non-hydrogen) atoms. The minimum absolute atomic E-state index is 0.0164. The van der Waals surface area contributed by atoms with Gasteiger partial charge in [-0.25, -0.2) is 0 Å². The van der Waals surface area contributed by atoms with Crippen LogP contribution in [0.15, 0.2) is 24.3 Å². The second kappa shape index (κ2) is 7.79. The van der Waals surface area contributed by atoms with Gasteiger partial charge in [0.15, 0.2) is 0 Å². The maximum atomic E-state index is 12.1. The van der Waals surface area contributed by atoms with Gasteiger partial charge in [0.2, 0.25) is 5.91 Å². The van der Waals surface area contributed by atoms with Gasteiger partial charge < -0.3 is 15.8 Å². The predicted molar refractivity (Wildman–Crippen MR) is 77.0 cm³/mol. The van der Waals surface area contributed by atoms with Crippen LogP contribution >= 0.6 is 0 Å². The first-order valence-corrected chi connectivity index (χ1v) is 6.77. The van der Waals surface area contributed by atoms with Gasteiger partial charge in [0, 0.05) is 12.1 Å². The average Bonchev–Trinajstić information content (AvgIpc) is 2.44. The molecule has 0 radical (unpaired) electrons. The van der Waals surface area contributed by atoms with Crippen molar-refractivity contribution in [2.24, 2.45) is 11.7 Å². The van der Waals surface area contributed by atoms with Crippen LogP contribution in [0.2, 0.25) is 0 Å². The van der Waals surface area contributed by atoms with E-state index >= 15 is 0 Å². The number of nitrogens with one attached hydrogen (secondary N) is 1.